The van der Waals surface area contributed by atoms with E-state index in [1.807, 2.05) is 0 Å². The predicted octanol–water partition coefficient (Wildman–Crippen LogP) is -0.987. The summed E-state index contributed by atoms with van der Waals surface area (Å²) in [6.45, 7) is 8.62. The van der Waals surface area contributed by atoms with E-state index in [0.717, 1.165) is 0 Å². The number of phosphoric ester groups is 1. The van der Waals surface area contributed by atoms with Crippen molar-refractivity contribution in [3.05, 3.63) is 29.8 Å². The third-order valence-electron chi connectivity index (χ3n) is 9.58. The van der Waals surface area contributed by atoms with E-state index in [1.165, 1.54) is 36.1 Å². The zero-order valence-electron chi connectivity index (χ0n) is 33.4. The first kappa shape index (κ1) is 47.3. The number of rotatable bonds is 10. The van der Waals surface area contributed by atoms with Gasteiger partial charge < -0.3 is 47.1 Å². The fourth-order valence-electron chi connectivity index (χ4n) is 6.77. The molecular weight excluding hydrogens is 779 g/mol. The molecule has 0 radical (unpaired) electrons. The number of hydrogen-bond donors (Lipinski definition) is 9. The first-order valence-electron chi connectivity index (χ1n) is 19.3. The molecule has 2 fully saturated rings. The van der Waals surface area contributed by atoms with Crippen LogP contribution >= 0.6 is 7.82 Å². The van der Waals surface area contributed by atoms with E-state index in [9.17, 15) is 52.7 Å². The van der Waals surface area contributed by atoms with E-state index in [2.05, 4.69) is 36.4 Å². The van der Waals surface area contributed by atoms with Crippen molar-refractivity contribution in [2.24, 2.45) is 17.6 Å². The number of benzene rings is 1. The molecule has 8 amide bonds. The number of fused-ring (bicyclic) bond motifs is 1. The third-order valence-corrected chi connectivity index (χ3v) is 10.0. The van der Waals surface area contributed by atoms with E-state index >= 15 is 0 Å². The molecule has 322 valence electrons. The molecule has 1 aromatic carbocycles. The first-order chi connectivity index (χ1) is 27.1. The van der Waals surface area contributed by atoms with Crippen LogP contribution in [0.5, 0.6) is 5.75 Å². The van der Waals surface area contributed by atoms with Crippen LogP contribution in [0.3, 0.4) is 0 Å². The van der Waals surface area contributed by atoms with Gasteiger partial charge in [-0.1, -0.05) is 39.8 Å². The maximum atomic E-state index is 14.1. The van der Waals surface area contributed by atoms with Gasteiger partial charge in [0, 0.05) is 26.4 Å². The fraction of sp³-hybridized carbons (Fsp3) is 0.622. The number of primary amides is 1. The van der Waals surface area contributed by atoms with E-state index < -0.39 is 104 Å². The number of carbonyl (C=O) groups excluding carboxylic acids is 8. The van der Waals surface area contributed by atoms with Gasteiger partial charge in [-0.15, -0.1) is 0 Å². The molecule has 10 N–H and O–H groups in total. The first-order valence-corrected chi connectivity index (χ1v) is 20.9. The Balaban J connectivity index is 2.04. The molecule has 21 heteroatoms. The lowest BCUT2D eigenvalue weighted by Crippen LogP contribution is -2.61. The van der Waals surface area contributed by atoms with Gasteiger partial charge in [0.2, 0.25) is 47.3 Å². The zero-order chi connectivity index (χ0) is 43.3. The number of nitrogens with two attached hydrogens (primary N) is 1. The topological polar surface area (TPSA) is 305 Å². The molecule has 20 nitrogen and oxygen atoms in total. The lowest BCUT2D eigenvalue weighted by Gasteiger charge is -2.32. The van der Waals surface area contributed by atoms with E-state index in [-0.39, 0.29) is 44.0 Å². The molecule has 0 spiro atoms. The highest BCUT2D eigenvalue weighted by molar-refractivity contribution is 7.46. The van der Waals surface area contributed by atoms with Gasteiger partial charge in [0.25, 0.3) is 0 Å². The average Bonchev–Trinajstić information content (AvgIpc) is 3.61. The summed E-state index contributed by atoms with van der Waals surface area (Å²) in [6, 6.07) is -1.98. The van der Waals surface area contributed by atoms with Crippen molar-refractivity contribution in [2.75, 3.05) is 13.1 Å². The molecule has 0 unspecified atom stereocenters. The second-order valence-electron chi connectivity index (χ2n) is 15.4. The minimum absolute atomic E-state index is 0.0393. The number of nitrogens with one attached hydrogen (secondary N) is 6. The Morgan fingerprint density at radius 2 is 1.45 bits per heavy atom. The predicted molar refractivity (Wildman–Crippen MR) is 208 cm³/mol. The third kappa shape index (κ3) is 15.0. The van der Waals surface area contributed by atoms with Crippen molar-refractivity contribution in [1.82, 2.24) is 36.8 Å². The van der Waals surface area contributed by atoms with Crippen molar-refractivity contribution < 1.29 is 57.2 Å². The Kier molecular flexibility index (Phi) is 17.6. The molecule has 1 aromatic rings. The van der Waals surface area contributed by atoms with Crippen LogP contribution in [0.15, 0.2) is 24.3 Å². The van der Waals surface area contributed by atoms with Crippen LogP contribution in [0.25, 0.3) is 0 Å². The molecule has 0 aliphatic carbocycles. The van der Waals surface area contributed by atoms with Gasteiger partial charge in [0.1, 0.15) is 42.0 Å². The monoisotopic (exact) mass is 836 g/mol. The summed E-state index contributed by atoms with van der Waals surface area (Å²) < 4.78 is 15.9. The number of amides is 8. The highest BCUT2D eigenvalue weighted by Crippen LogP contribution is 2.37. The summed E-state index contributed by atoms with van der Waals surface area (Å²) >= 11 is 0. The Bertz CT molecular complexity index is 1720. The lowest BCUT2D eigenvalue weighted by atomic mass is 9.99. The Morgan fingerprint density at radius 3 is 2.03 bits per heavy atom. The van der Waals surface area contributed by atoms with Crippen LogP contribution in [0.2, 0.25) is 0 Å². The van der Waals surface area contributed by atoms with Crippen molar-refractivity contribution in [3.8, 4) is 5.75 Å². The molecule has 0 bridgehead atoms. The van der Waals surface area contributed by atoms with Crippen LogP contribution in [-0.2, 0) is 49.3 Å². The smallest absolute Gasteiger partial charge is 0.404 e. The van der Waals surface area contributed by atoms with Crippen molar-refractivity contribution in [1.29, 1.82) is 0 Å². The van der Waals surface area contributed by atoms with Crippen LogP contribution in [0, 0.1) is 11.8 Å². The Hall–Kier alpha value is -5.07. The molecule has 3 rings (SSSR count). The molecule has 2 aliphatic rings. The van der Waals surface area contributed by atoms with E-state index in [4.69, 9.17) is 5.73 Å². The second-order valence-corrected chi connectivity index (χ2v) is 16.5. The summed E-state index contributed by atoms with van der Waals surface area (Å²) in [5.41, 5.74) is 5.88. The molecule has 2 saturated heterocycles. The van der Waals surface area contributed by atoms with Crippen LogP contribution in [0.4, 0.5) is 0 Å². The number of phosphoric acid groups is 1. The summed E-state index contributed by atoms with van der Waals surface area (Å²) in [4.78, 5) is 127. The SMILES string of the molecule is CC(=O)N[C@@H]1CCCCNC(=O)[C@@H]2CCCN2C(=O)[C@H](C(C)C)NC(=O)[C@H](CC(N)=O)NC(=O)[C@H](CC(C)C)NC(=O)[C@H](Cc2ccc(OP(=O)(O)O)cc2)NC1=O. The normalized spacial score (nSPS) is 24.9. The number of carbonyl (C=O) groups is 8. The molecule has 2 aliphatic heterocycles. The van der Waals surface area contributed by atoms with Gasteiger partial charge >= 0.3 is 7.82 Å². The summed E-state index contributed by atoms with van der Waals surface area (Å²) in [7, 11) is -4.87. The molecule has 0 aromatic heterocycles. The second kappa shape index (κ2) is 21.6. The van der Waals surface area contributed by atoms with Crippen molar-refractivity contribution >= 4 is 55.1 Å². The largest absolute Gasteiger partial charge is 0.524 e. The fourth-order valence-corrected chi connectivity index (χ4v) is 7.16. The quantitative estimate of drug-likeness (QED) is 0.129. The van der Waals surface area contributed by atoms with Crippen LogP contribution in [0.1, 0.15) is 85.1 Å². The van der Waals surface area contributed by atoms with Gasteiger partial charge in [-0.25, -0.2) is 4.57 Å². The average molecular weight is 837 g/mol. The molecular formula is C37H57N8O12P. The highest BCUT2D eigenvalue weighted by atomic mass is 31.2. The summed E-state index contributed by atoms with van der Waals surface area (Å²) in [5.74, 6) is -6.54. The molecule has 6 atom stereocenters. The maximum Gasteiger partial charge on any atom is 0.524 e. The summed E-state index contributed by atoms with van der Waals surface area (Å²) in [5, 5.41) is 15.9. The van der Waals surface area contributed by atoms with Crippen molar-refractivity contribution in [2.45, 2.75) is 122 Å². The lowest BCUT2D eigenvalue weighted by molar-refractivity contribution is -0.143. The highest BCUT2D eigenvalue weighted by Gasteiger charge is 2.40. The molecule has 0 saturated carbocycles. The van der Waals surface area contributed by atoms with E-state index in [0.29, 0.717) is 31.2 Å². The van der Waals surface area contributed by atoms with Gasteiger partial charge in [-0.05, 0) is 68.1 Å². The van der Waals surface area contributed by atoms with Crippen LogP contribution < -0.4 is 42.2 Å². The van der Waals surface area contributed by atoms with Gasteiger partial charge in [-0.2, -0.15) is 0 Å². The minimum Gasteiger partial charge on any atom is -0.404 e. The van der Waals surface area contributed by atoms with Crippen molar-refractivity contribution in [3.63, 3.8) is 0 Å². The Morgan fingerprint density at radius 1 is 0.845 bits per heavy atom. The van der Waals surface area contributed by atoms with Gasteiger partial charge in [-0.3, -0.25) is 48.1 Å². The van der Waals surface area contributed by atoms with Crippen LogP contribution in [-0.4, -0.2) is 111 Å². The minimum atomic E-state index is -4.87. The Labute approximate surface area is 337 Å². The summed E-state index contributed by atoms with van der Waals surface area (Å²) in [6.07, 6.45) is 0.977. The zero-order valence-corrected chi connectivity index (χ0v) is 34.3. The number of hydrogen-bond acceptors (Lipinski definition) is 10. The molecule has 2 heterocycles. The standard InChI is InChI=1S/C37H57N8O12P/c1-20(2)17-26-33(49)43-28(19-30(38)47)35(51)44-31(21(3)4)37(53)45-16-8-10-29(45)36(52)39-15-7-6-9-25(40-22(5)46)32(48)42-27(34(50)41-26)18-23-11-13-24(14-12-23)57-58(54,55)56/h11-14,20-21,25-29,31H,6-10,15-19H2,1-5H3,(H2,38,47)(H,39,52)(H,40,46)(H,41,50)(H,42,48)(H,43,49)(H,44,51)(H2,54,55,56)/t25-,26+,27+,28+,29+,31+/m1/s1. The number of nitrogens with zero attached hydrogens (tertiary/aromatic N) is 1. The maximum absolute atomic E-state index is 14.1. The van der Waals surface area contributed by atoms with E-state index in [1.54, 1.807) is 27.7 Å². The van der Waals surface area contributed by atoms with Gasteiger partial charge in [0.15, 0.2) is 0 Å². The molecule has 58 heavy (non-hydrogen) atoms. The van der Waals surface area contributed by atoms with Gasteiger partial charge in [0.05, 0.1) is 6.42 Å².